The van der Waals surface area contributed by atoms with Gasteiger partial charge in [-0.3, -0.25) is 9.97 Å². The number of pyridine rings is 2. The summed E-state index contributed by atoms with van der Waals surface area (Å²) < 4.78 is 12.0. The third kappa shape index (κ3) is 3.43. The van der Waals surface area contributed by atoms with Gasteiger partial charge in [0.2, 0.25) is 0 Å². The van der Waals surface area contributed by atoms with Crippen molar-refractivity contribution >= 4 is 22.1 Å². The topological polar surface area (TPSA) is 78.9 Å². The summed E-state index contributed by atoms with van der Waals surface area (Å²) in [5.74, 6) is 0.911. The molecule has 7 heteroatoms. The Morgan fingerprint density at radius 2 is 1.96 bits per heavy atom. The molecule has 4 aromatic rings. The maximum Gasteiger partial charge on any atom is 0.124 e. The predicted molar refractivity (Wildman–Crippen MR) is 97.8 cm³/mol. The number of hydrogen-bond acceptors (Lipinski definition) is 6. The van der Waals surface area contributed by atoms with Gasteiger partial charge in [0.25, 0.3) is 0 Å². The van der Waals surface area contributed by atoms with Crippen LogP contribution in [-0.2, 0) is 18.2 Å². The van der Waals surface area contributed by atoms with Crippen molar-refractivity contribution in [1.82, 2.24) is 24.7 Å². The largest absolute Gasteiger partial charge is 0.381 e. The Hall–Kier alpha value is -2.80. The van der Waals surface area contributed by atoms with E-state index in [1.807, 2.05) is 29.8 Å². The zero-order valence-corrected chi connectivity index (χ0v) is 14.8. The first-order valence-electron chi connectivity index (χ1n) is 8.85. The van der Waals surface area contributed by atoms with Gasteiger partial charge in [0.1, 0.15) is 23.1 Å². The molecule has 0 unspecified atom stereocenters. The van der Waals surface area contributed by atoms with Gasteiger partial charge >= 0.3 is 0 Å². The summed E-state index contributed by atoms with van der Waals surface area (Å²) >= 11 is 0. The van der Waals surface area contributed by atoms with Gasteiger partial charge in [0.15, 0.2) is 0 Å². The lowest BCUT2D eigenvalue weighted by Gasteiger charge is -2.08. The zero-order valence-electron chi connectivity index (χ0n) is 14.8. The smallest absolute Gasteiger partial charge is 0.124 e. The molecule has 0 atom stereocenters. The van der Waals surface area contributed by atoms with E-state index >= 15 is 0 Å². The number of aryl methyl sites for hydroxylation is 1. The summed E-state index contributed by atoms with van der Waals surface area (Å²) in [6, 6.07) is 5.67. The van der Waals surface area contributed by atoms with Crippen molar-refractivity contribution in [2.75, 3.05) is 13.2 Å². The normalized spacial score (nSPS) is 14.3. The fourth-order valence-corrected chi connectivity index (χ4v) is 3.09. The lowest BCUT2D eigenvalue weighted by atomic mass is 10.2. The van der Waals surface area contributed by atoms with Crippen LogP contribution in [0.3, 0.4) is 0 Å². The number of imidazole rings is 1. The highest BCUT2D eigenvalue weighted by Gasteiger charge is 2.13. The van der Waals surface area contributed by atoms with Crippen LogP contribution in [0, 0.1) is 0 Å². The summed E-state index contributed by atoms with van der Waals surface area (Å²) in [6.45, 7) is 2.00. The van der Waals surface area contributed by atoms with Gasteiger partial charge < -0.3 is 13.8 Å². The van der Waals surface area contributed by atoms with Gasteiger partial charge in [-0.15, -0.1) is 0 Å². The molecule has 134 valence electrons. The van der Waals surface area contributed by atoms with Crippen molar-refractivity contribution in [3.63, 3.8) is 0 Å². The van der Waals surface area contributed by atoms with Crippen LogP contribution in [0.2, 0.25) is 0 Å². The Morgan fingerprint density at radius 1 is 1.08 bits per heavy atom. The highest BCUT2D eigenvalue weighted by atomic mass is 16.5. The van der Waals surface area contributed by atoms with Crippen LogP contribution in [0.4, 0.5) is 0 Å². The maximum atomic E-state index is 5.07. The van der Waals surface area contributed by atoms with Crippen LogP contribution in [0.25, 0.3) is 22.1 Å². The number of aromatic nitrogens is 5. The van der Waals surface area contributed by atoms with Gasteiger partial charge in [0.05, 0.1) is 29.3 Å². The van der Waals surface area contributed by atoms with Crippen LogP contribution >= 0.6 is 0 Å². The number of nitrogens with zero attached hydrogens (tertiary/aromatic N) is 5. The van der Waals surface area contributed by atoms with Crippen molar-refractivity contribution in [3.05, 3.63) is 48.4 Å². The van der Waals surface area contributed by atoms with E-state index in [-0.39, 0.29) is 0 Å². The van der Waals surface area contributed by atoms with E-state index in [0.29, 0.717) is 6.42 Å². The van der Waals surface area contributed by atoms with E-state index in [2.05, 4.69) is 20.1 Å². The molecule has 1 saturated heterocycles. The Balaban J connectivity index is 0.000000240. The zero-order chi connectivity index (χ0) is 17.8. The second-order valence-corrected chi connectivity index (χ2v) is 6.29. The Morgan fingerprint density at radius 3 is 2.65 bits per heavy atom. The first kappa shape index (κ1) is 16.7. The molecule has 1 fully saturated rings. The molecule has 1 aliphatic heterocycles. The summed E-state index contributed by atoms with van der Waals surface area (Å²) in [5, 5.41) is 3.93. The Bertz CT molecular complexity index is 978. The van der Waals surface area contributed by atoms with E-state index < -0.39 is 0 Å². The lowest BCUT2D eigenvalue weighted by molar-refractivity contribution is 0.0968. The molecule has 0 aliphatic carbocycles. The third-order valence-electron chi connectivity index (χ3n) is 4.46. The lowest BCUT2D eigenvalue weighted by Crippen LogP contribution is -2.03. The standard InChI is InChI=1S/C14H11N5O.C5H10O/c1-19-12(7-9-4-6-20-18-9)17-11-8-16-10-3-2-5-15-13(10)14(11)19;1-2-4-6-5-3-1/h2-6,8H,7H2,1H3;1-5H2. The van der Waals surface area contributed by atoms with E-state index in [1.54, 1.807) is 18.7 Å². The highest BCUT2D eigenvalue weighted by Crippen LogP contribution is 2.22. The van der Waals surface area contributed by atoms with Gasteiger partial charge in [0, 0.05) is 32.5 Å². The maximum absolute atomic E-state index is 5.07. The first-order chi connectivity index (χ1) is 12.8. The molecule has 0 N–H and O–H groups in total. The molecule has 0 saturated carbocycles. The van der Waals surface area contributed by atoms with Gasteiger partial charge in [-0.2, -0.15) is 0 Å². The Labute approximate surface area is 151 Å². The van der Waals surface area contributed by atoms with Crippen molar-refractivity contribution in [2.45, 2.75) is 25.7 Å². The van der Waals surface area contributed by atoms with Crippen LogP contribution in [-0.4, -0.2) is 37.9 Å². The SMILES string of the molecule is C1CCOCC1.Cn1c(Cc2ccon2)nc2cnc3cccnc3c21. The molecule has 0 bridgehead atoms. The van der Waals surface area contributed by atoms with Crippen molar-refractivity contribution < 1.29 is 9.26 Å². The first-order valence-corrected chi connectivity index (χ1v) is 8.85. The van der Waals surface area contributed by atoms with Crippen molar-refractivity contribution in [1.29, 1.82) is 0 Å². The number of rotatable bonds is 2. The summed E-state index contributed by atoms with van der Waals surface area (Å²) in [5.41, 5.74) is 4.43. The summed E-state index contributed by atoms with van der Waals surface area (Å²) in [7, 11) is 1.98. The third-order valence-corrected chi connectivity index (χ3v) is 4.46. The molecule has 0 radical (unpaired) electrons. The van der Waals surface area contributed by atoms with Crippen LogP contribution in [0.1, 0.15) is 30.8 Å². The number of fused-ring (bicyclic) bond motifs is 3. The number of ether oxygens (including phenoxy) is 1. The van der Waals surface area contributed by atoms with Crippen LogP contribution in [0.5, 0.6) is 0 Å². The quantitative estimate of drug-likeness (QED) is 0.551. The molecule has 5 rings (SSSR count). The van der Waals surface area contributed by atoms with E-state index in [1.165, 1.54) is 19.3 Å². The van der Waals surface area contributed by atoms with E-state index in [0.717, 1.165) is 46.8 Å². The molecular formula is C19H21N5O2. The van der Waals surface area contributed by atoms with Crippen LogP contribution in [0.15, 0.2) is 41.4 Å². The molecular weight excluding hydrogens is 330 g/mol. The molecule has 26 heavy (non-hydrogen) atoms. The monoisotopic (exact) mass is 351 g/mol. The molecule has 7 nitrogen and oxygen atoms in total. The van der Waals surface area contributed by atoms with Crippen molar-refractivity contribution in [2.24, 2.45) is 7.05 Å². The number of hydrogen-bond donors (Lipinski definition) is 0. The molecule has 0 spiro atoms. The van der Waals surface area contributed by atoms with Gasteiger partial charge in [-0.1, -0.05) is 5.16 Å². The average molecular weight is 351 g/mol. The predicted octanol–water partition coefficient (Wildman–Crippen LogP) is 3.28. The van der Waals surface area contributed by atoms with Gasteiger partial charge in [-0.05, 0) is 31.4 Å². The fraction of sp³-hybridized carbons (Fsp3) is 0.368. The molecule has 4 aromatic heterocycles. The second kappa shape index (κ2) is 7.61. The van der Waals surface area contributed by atoms with E-state index in [9.17, 15) is 0 Å². The highest BCUT2D eigenvalue weighted by molar-refractivity contribution is 5.99. The minimum absolute atomic E-state index is 0.621. The minimum atomic E-state index is 0.621. The molecule has 0 amide bonds. The summed E-state index contributed by atoms with van der Waals surface area (Å²) in [6.07, 6.45) is 9.67. The van der Waals surface area contributed by atoms with Crippen molar-refractivity contribution in [3.8, 4) is 0 Å². The van der Waals surface area contributed by atoms with Gasteiger partial charge in [-0.25, -0.2) is 4.98 Å². The molecule has 5 heterocycles. The molecule has 0 aromatic carbocycles. The second-order valence-electron chi connectivity index (χ2n) is 6.29. The van der Waals surface area contributed by atoms with Crippen LogP contribution < -0.4 is 0 Å². The van der Waals surface area contributed by atoms with E-state index in [4.69, 9.17) is 9.26 Å². The Kier molecular flexibility index (Phi) is 4.88. The molecule has 1 aliphatic rings. The summed E-state index contributed by atoms with van der Waals surface area (Å²) in [4.78, 5) is 13.4. The fourth-order valence-electron chi connectivity index (χ4n) is 3.09. The average Bonchev–Trinajstić information content (AvgIpc) is 3.32. The minimum Gasteiger partial charge on any atom is -0.381 e.